The van der Waals surface area contributed by atoms with Crippen molar-refractivity contribution < 1.29 is 24.6 Å². The van der Waals surface area contributed by atoms with Crippen molar-refractivity contribution >= 4 is 22.6 Å². The number of aryl methyl sites for hydroxylation is 1. The monoisotopic (exact) mass is 399 g/mol. The van der Waals surface area contributed by atoms with Crippen molar-refractivity contribution in [2.45, 2.75) is 13.0 Å². The van der Waals surface area contributed by atoms with Crippen LogP contribution in [0.25, 0.3) is 10.9 Å². The first kappa shape index (κ1) is 20.2. The van der Waals surface area contributed by atoms with E-state index in [-0.39, 0.29) is 21.9 Å². The van der Waals surface area contributed by atoms with Crippen LogP contribution in [0.2, 0.25) is 0 Å². The van der Waals surface area contributed by atoms with Gasteiger partial charge in [-0.25, -0.2) is 4.79 Å². The van der Waals surface area contributed by atoms with Gasteiger partial charge in [0.1, 0.15) is 17.1 Å². The van der Waals surface area contributed by atoms with Gasteiger partial charge in [0.25, 0.3) is 0 Å². The number of carbonyl (C=O) groups is 1. The van der Waals surface area contributed by atoms with Gasteiger partial charge in [0.05, 0.1) is 30.3 Å². The Balaban J connectivity index is 1.76. The highest BCUT2D eigenvalue weighted by Crippen LogP contribution is 2.20. The van der Waals surface area contributed by atoms with Crippen LogP contribution in [0, 0.1) is 5.21 Å². The fourth-order valence-corrected chi connectivity index (χ4v) is 2.94. The molecule has 2 N–H and O–H groups in total. The van der Waals surface area contributed by atoms with Gasteiger partial charge in [-0.3, -0.25) is 10.0 Å². The van der Waals surface area contributed by atoms with Gasteiger partial charge in [0.2, 0.25) is 5.43 Å². The first-order chi connectivity index (χ1) is 13.9. The van der Waals surface area contributed by atoms with Crippen LogP contribution in [0.1, 0.15) is 16.8 Å². The van der Waals surface area contributed by atoms with E-state index in [4.69, 9.17) is 14.7 Å². The Kier molecular flexibility index (Phi) is 6.01. The molecule has 3 aromatic rings. The largest absolute Gasteiger partial charge is 0.733 e. The van der Waals surface area contributed by atoms with Crippen molar-refractivity contribution in [3.05, 3.63) is 69.7 Å². The summed E-state index contributed by atoms with van der Waals surface area (Å²) in [6.07, 6.45) is 1.87. The molecule has 0 saturated heterocycles. The zero-order valence-electron chi connectivity index (χ0n) is 15.6. The molecule has 0 saturated carbocycles. The van der Waals surface area contributed by atoms with Crippen molar-refractivity contribution in [2.24, 2.45) is 0 Å². The van der Waals surface area contributed by atoms with Crippen LogP contribution in [-0.2, 0) is 6.54 Å². The van der Waals surface area contributed by atoms with Crippen LogP contribution < -0.4 is 20.1 Å². The molecule has 152 valence electrons. The third-order valence-corrected chi connectivity index (χ3v) is 4.39. The molecule has 29 heavy (non-hydrogen) atoms. The summed E-state index contributed by atoms with van der Waals surface area (Å²) < 4.78 is 12.4. The quantitative estimate of drug-likeness (QED) is 0.438. The van der Waals surface area contributed by atoms with Crippen LogP contribution >= 0.6 is 0 Å². The van der Waals surface area contributed by atoms with E-state index < -0.39 is 11.4 Å². The summed E-state index contributed by atoms with van der Waals surface area (Å²) >= 11 is 0. The van der Waals surface area contributed by atoms with Gasteiger partial charge in [-0.05, 0) is 48.9 Å². The summed E-state index contributed by atoms with van der Waals surface area (Å²) in [5.41, 5.74) is -0.180. The van der Waals surface area contributed by atoms with Gasteiger partial charge in [0, 0.05) is 12.7 Å². The Morgan fingerprint density at radius 3 is 2.48 bits per heavy atom. The first-order valence-electron chi connectivity index (χ1n) is 8.74. The smallest absolute Gasteiger partial charge is 0.341 e. The van der Waals surface area contributed by atoms with Gasteiger partial charge >= 0.3 is 5.97 Å². The van der Waals surface area contributed by atoms with E-state index in [1.807, 2.05) is 0 Å². The molecule has 0 fully saturated rings. The second kappa shape index (κ2) is 8.63. The van der Waals surface area contributed by atoms with Gasteiger partial charge in [-0.1, -0.05) is 0 Å². The maximum atomic E-state index is 12.5. The Morgan fingerprint density at radius 1 is 1.17 bits per heavy atom. The predicted molar refractivity (Wildman–Crippen MR) is 106 cm³/mol. The minimum atomic E-state index is -1.29. The maximum Gasteiger partial charge on any atom is 0.341 e. The lowest BCUT2D eigenvalue weighted by Crippen LogP contribution is -2.19. The number of nitrogens with zero attached hydrogens (tertiary/aromatic N) is 2. The number of pyridine rings is 1. The second-order valence-electron chi connectivity index (χ2n) is 6.22. The Bertz CT molecular complexity index is 1070. The zero-order valence-corrected chi connectivity index (χ0v) is 15.6. The molecule has 9 nitrogen and oxygen atoms in total. The fraction of sp³-hybridized carbons (Fsp3) is 0.200. The van der Waals surface area contributed by atoms with Crippen LogP contribution in [0.4, 0.5) is 5.69 Å². The third kappa shape index (κ3) is 4.48. The summed E-state index contributed by atoms with van der Waals surface area (Å²) in [5.74, 6) is -0.299. The molecular weight excluding hydrogens is 380 g/mol. The molecule has 0 unspecified atom stereocenters. The van der Waals surface area contributed by atoms with E-state index >= 15 is 0 Å². The Labute approximate surface area is 165 Å². The standard InChI is InChI=1S/C20H19N2O7/c1-28-15-7-8-18-16(11-15)19(23)17(20(24)25)12-21(18)9-2-10-29-14-5-3-13(4-6-14)22(26)27/h3-8,11-12,26H,2,9-10H2,1H3,(H,24,25)/q-1. The number of hydrogen-bond donors (Lipinski definition) is 2. The molecule has 0 bridgehead atoms. The van der Waals surface area contributed by atoms with Crippen molar-refractivity contribution in [2.75, 3.05) is 18.9 Å². The van der Waals surface area contributed by atoms with Crippen LogP contribution in [0.5, 0.6) is 11.5 Å². The highest BCUT2D eigenvalue weighted by atomic mass is 16.8. The Hall–Kier alpha value is -3.56. The molecule has 0 aliphatic heterocycles. The van der Waals surface area contributed by atoms with Crippen LogP contribution in [-0.4, -0.2) is 34.6 Å². The molecule has 1 heterocycles. The summed E-state index contributed by atoms with van der Waals surface area (Å²) in [6, 6.07) is 10.9. The number of carboxylic acid groups (broad SMARTS) is 1. The van der Waals surface area contributed by atoms with E-state index in [0.29, 0.717) is 36.6 Å². The van der Waals surface area contributed by atoms with E-state index in [9.17, 15) is 19.9 Å². The molecule has 2 aromatic carbocycles. The molecule has 0 aliphatic carbocycles. The van der Waals surface area contributed by atoms with Crippen molar-refractivity contribution in [3.8, 4) is 11.5 Å². The molecule has 3 rings (SSSR count). The van der Waals surface area contributed by atoms with Gasteiger partial charge < -0.3 is 29.6 Å². The molecule has 1 aromatic heterocycles. The summed E-state index contributed by atoms with van der Waals surface area (Å²) in [7, 11) is 1.47. The normalized spacial score (nSPS) is 10.7. The zero-order chi connectivity index (χ0) is 21.0. The number of fused-ring (bicyclic) bond motifs is 1. The van der Waals surface area contributed by atoms with Gasteiger partial charge in [-0.15, -0.1) is 0 Å². The van der Waals surface area contributed by atoms with Crippen molar-refractivity contribution in [1.82, 2.24) is 4.57 Å². The highest BCUT2D eigenvalue weighted by molar-refractivity contribution is 5.92. The number of aromatic nitrogens is 1. The van der Waals surface area contributed by atoms with Crippen molar-refractivity contribution in [1.29, 1.82) is 0 Å². The number of carboxylic acids is 1. The number of methoxy groups -OCH3 is 1. The summed E-state index contributed by atoms with van der Waals surface area (Å²) in [6.45, 7) is 0.748. The molecule has 0 aliphatic rings. The number of rotatable bonds is 8. The van der Waals surface area contributed by atoms with Crippen LogP contribution in [0.15, 0.2) is 53.5 Å². The highest BCUT2D eigenvalue weighted by Gasteiger charge is 2.15. The predicted octanol–water partition coefficient (Wildman–Crippen LogP) is 2.87. The third-order valence-electron chi connectivity index (χ3n) is 4.39. The lowest BCUT2D eigenvalue weighted by molar-refractivity contribution is 0.0694. The van der Waals surface area contributed by atoms with Gasteiger partial charge in [0.15, 0.2) is 0 Å². The lowest BCUT2D eigenvalue weighted by Gasteiger charge is -2.21. The molecule has 9 heteroatoms. The second-order valence-corrected chi connectivity index (χ2v) is 6.22. The SMILES string of the molecule is COc1ccc2c(c1)c(=O)c(C(=O)O)cn2CCCOc1ccc(N([O-])O)cc1. The summed E-state index contributed by atoms with van der Waals surface area (Å²) in [5, 5.41) is 29.0. The lowest BCUT2D eigenvalue weighted by atomic mass is 10.1. The number of ether oxygens (including phenoxy) is 2. The van der Waals surface area contributed by atoms with Crippen molar-refractivity contribution in [3.63, 3.8) is 0 Å². The molecule has 0 spiro atoms. The topological polar surface area (TPSA) is 124 Å². The minimum Gasteiger partial charge on any atom is -0.733 e. The van der Waals surface area contributed by atoms with E-state index in [1.54, 1.807) is 28.8 Å². The average Bonchev–Trinajstić information content (AvgIpc) is 2.72. The number of benzene rings is 2. The molecule has 0 atom stereocenters. The van der Waals surface area contributed by atoms with E-state index in [0.717, 1.165) is 0 Å². The number of aromatic carboxylic acids is 1. The molecule has 0 radical (unpaired) electrons. The summed E-state index contributed by atoms with van der Waals surface area (Å²) in [4.78, 5) is 23.9. The van der Waals surface area contributed by atoms with Crippen LogP contribution in [0.3, 0.4) is 0 Å². The van der Waals surface area contributed by atoms with E-state index in [2.05, 4.69) is 0 Å². The molecular formula is C20H19N2O7-. The average molecular weight is 399 g/mol. The Morgan fingerprint density at radius 2 is 1.86 bits per heavy atom. The minimum absolute atomic E-state index is 0.0914. The number of anilines is 1. The van der Waals surface area contributed by atoms with E-state index in [1.165, 1.54) is 31.5 Å². The maximum absolute atomic E-state index is 12.5. The van der Waals surface area contributed by atoms with Gasteiger partial charge in [-0.2, -0.15) is 0 Å². The molecule has 0 amide bonds. The first-order valence-corrected chi connectivity index (χ1v) is 8.74. The fourth-order valence-electron chi connectivity index (χ4n) is 2.94. The number of hydrogen-bond acceptors (Lipinski definition) is 7.